The number of hydrogen-bond acceptors (Lipinski definition) is 2. The molecule has 0 aliphatic rings. The number of rotatable bonds is 2. The molecule has 0 saturated heterocycles. The van der Waals surface area contributed by atoms with E-state index in [0.29, 0.717) is 18.2 Å². The Morgan fingerprint density at radius 1 is 1.57 bits per heavy atom. The van der Waals surface area contributed by atoms with Crippen LogP contribution in [0.25, 0.3) is 0 Å². The molecular weight excluding hydrogens is 244 g/mol. The molecule has 0 radical (unpaired) electrons. The number of nitrogen functional groups attached to an aromatic ring is 1. The number of anilines is 1. The maximum atomic E-state index is 11.7. The van der Waals surface area contributed by atoms with Crippen LogP contribution in [-0.2, 0) is 6.54 Å². The highest BCUT2D eigenvalue weighted by Gasteiger charge is 2.08. The second kappa shape index (κ2) is 4.17. The lowest BCUT2D eigenvalue weighted by Gasteiger charge is -2.11. The Hall–Kier alpha value is -0.770. The van der Waals surface area contributed by atoms with E-state index in [1.807, 2.05) is 6.92 Å². The third kappa shape index (κ3) is 2.18. The molecule has 2 N–H and O–H groups in total. The third-order valence-electron chi connectivity index (χ3n) is 2.08. The Bertz CT molecular complexity index is 396. The van der Waals surface area contributed by atoms with Crippen molar-refractivity contribution in [1.29, 1.82) is 0 Å². The SMILES string of the molecule is Cc1c(Br)cn(CC(C)C)c(=O)c1N. The Balaban J connectivity index is 3.27. The molecular formula is C10H15BrN2O. The van der Waals surface area contributed by atoms with Crippen LogP contribution in [0.4, 0.5) is 5.69 Å². The van der Waals surface area contributed by atoms with E-state index in [4.69, 9.17) is 5.73 Å². The zero-order valence-electron chi connectivity index (χ0n) is 8.67. The number of nitrogens with zero attached hydrogens (tertiary/aromatic N) is 1. The van der Waals surface area contributed by atoms with E-state index < -0.39 is 0 Å². The second-order valence-electron chi connectivity index (χ2n) is 3.87. The predicted octanol–water partition coefficient (Wildman–Crippen LogP) is 2.16. The average molecular weight is 259 g/mol. The fraction of sp³-hybridized carbons (Fsp3) is 0.500. The van der Waals surface area contributed by atoms with Crippen LogP contribution in [-0.4, -0.2) is 4.57 Å². The summed E-state index contributed by atoms with van der Waals surface area (Å²) in [6, 6.07) is 0. The Kier molecular flexibility index (Phi) is 3.37. The first kappa shape index (κ1) is 11.3. The topological polar surface area (TPSA) is 48.0 Å². The summed E-state index contributed by atoms with van der Waals surface area (Å²) in [5, 5.41) is 0. The van der Waals surface area contributed by atoms with Gasteiger partial charge in [-0.1, -0.05) is 13.8 Å². The zero-order valence-corrected chi connectivity index (χ0v) is 10.3. The summed E-state index contributed by atoms with van der Waals surface area (Å²) in [5.74, 6) is 0.432. The molecule has 3 nitrogen and oxygen atoms in total. The summed E-state index contributed by atoms with van der Waals surface area (Å²) in [7, 11) is 0. The van der Waals surface area contributed by atoms with Gasteiger partial charge in [0.1, 0.15) is 5.69 Å². The van der Waals surface area contributed by atoms with Crippen molar-refractivity contribution in [2.45, 2.75) is 27.3 Å². The average Bonchev–Trinajstić information content (AvgIpc) is 2.10. The Morgan fingerprint density at radius 3 is 2.64 bits per heavy atom. The van der Waals surface area contributed by atoms with E-state index in [1.165, 1.54) is 0 Å². The van der Waals surface area contributed by atoms with E-state index in [9.17, 15) is 4.79 Å². The normalized spacial score (nSPS) is 10.9. The maximum Gasteiger partial charge on any atom is 0.274 e. The van der Waals surface area contributed by atoms with Gasteiger partial charge in [-0.25, -0.2) is 0 Å². The van der Waals surface area contributed by atoms with Crippen LogP contribution in [0.1, 0.15) is 19.4 Å². The first-order valence-electron chi connectivity index (χ1n) is 4.58. The van der Waals surface area contributed by atoms with Gasteiger partial charge in [-0.3, -0.25) is 4.79 Å². The fourth-order valence-corrected chi connectivity index (χ4v) is 1.73. The quantitative estimate of drug-likeness (QED) is 0.884. The largest absolute Gasteiger partial charge is 0.394 e. The minimum atomic E-state index is -0.0978. The van der Waals surface area contributed by atoms with Crippen LogP contribution in [0.15, 0.2) is 15.5 Å². The lowest BCUT2D eigenvalue weighted by molar-refractivity contribution is 0.510. The van der Waals surface area contributed by atoms with Gasteiger partial charge in [-0.2, -0.15) is 0 Å². The molecule has 0 atom stereocenters. The summed E-state index contributed by atoms with van der Waals surface area (Å²) in [4.78, 5) is 11.7. The number of nitrogens with two attached hydrogens (primary N) is 1. The molecule has 0 spiro atoms. The van der Waals surface area contributed by atoms with E-state index in [0.717, 1.165) is 10.0 Å². The van der Waals surface area contributed by atoms with Gasteiger partial charge in [0, 0.05) is 17.2 Å². The van der Waals surface area contributed by atoms with Crippen molar-refractivity contribution >= 4 is 21.6 Å². The first-order valence-corrected chi connectivity index (χ1v) is 5.37. The first-order chi connectivity index (χ1) is 6.43. The lowest BCUT2D eigenvalue weighted by atomic mass is 10.2. The molecule has 0 saturated carbocycles. The summed E-state index contributed by atoms with van der Waals surface area (Å²) >= 11 is 3.38. The maximum absolute atomic E-state index is 11.7. The van der Waals surface area contributed by atoms with Crippen LogP contribution in [0, 0.1) is 12.8 Å². The molecule has 1 aromatic heterocycles. The molecule has 78 valence electrons. The van der Waals surface area contributed by atoms with Gasteiger partial charge in [0.15, 0.2) is 0 Å². The minimum absolute atomic E-state index is 0.0978. The van der Waals surface area contributed by atoms with Crippen molar-refractivity contribution in [1.82, 2.24) is 4.57 Å². The van der Waals surface area contributed by atoms with Crippen molar-refractivity contribution in [3.8, 4) is 0 Å². The monoisotopic (exact) mass is 258 g/mol. The molecule has 1 aromatic rings. The molecule has 0 aliphatic carbocycles. The van der Waals surface area contributed by atoms with Crippen LogP contribution < -0.4 is 11.3 Å². The standard InChI is InChI=1S/C10H15BrN2O/c1-6(2)4-13-5-8(11)7(3)9(12)10(13)14/h5-6H,4,12H2,1-3H3. The van der Waals surface area contributed by atoms with Crippen molar-refractivity contribution in [3.05, 3.63) is 26.6 Å². The van der Waals surface area contributed by atoms with Gasteiger partial charge in [0.05, 0.1) is 0 Å². The molecule has 0 aliphatic heterocycles. The Labute approximate surface area is 92.1 Å². The van der Waals surface area contributed by atoms with Crippen LogP contribution >= 0.6 is 15.9 Å². The number of hydrogen-bond donors (Lipinski definition) is 1. The van der Waals surface area contributed by atoms with Crippen LogP contribution in [0.5, 0.6) is 0 Å². The van der Waals surface area contributed by atoms with Crippen LogP contribution in [0.2, 0.25) is 0 Å². The third-order valence-corrected chi connectivity index (χ3v) is 2.88. The van der Waals surface area contributed by atoms with Gasteiger partial charge >= 0.3 is 0 Å². The lowest BCUT2D eigenvalue weighted by Crippen LogP contribution is -2.25. The van der Waals surface area contributed by atoms with Crippen molar-refractivity contribution in [3.63, 3.8) is 0 Å². The highest BCUT2D eigenvalue weighted by molar-refractivity contribution is 9.10. The number of aromatic nitrogens is 1. The summed E-state index contributed by atoms with van der Waals surface area (Å²) < 4.78 is 2.53. The van der Waals surface area contributed by atoms with E-state index >= 15 is 0 Å². The van der Waals surface area contributed by atoms with E-state index in [-0.39, 0.29) is 5.56 Å². The number of halogens is 1. The molecule has 0 fully saturated rings. The van der Waals surface area contributed by atoms with Crippen LogP contribution in [0.3, 0.4) is 0 Å². The van der Waals surface area contributed by atoms with Crippen molar-refractivity contribution in [2.24, 2.45) is 5.92 Å². The minimum Gasteiger partial charge on any atom is -0.394 e. The molecule has 4 heteroatoms. The van der Waals surface area contributed by atoms with Gasteiger partial charge < -0.3 is 10.3 Å². The highest BCUT2D eigenvalue weighted by Crippen LogP contribution is 2.18. The summed E-state index contributed by atoms with van der Waals surface area (Å²) in [5.41, 5.74) is 6.75. The van der Waals surface area contributed by atoms with E-state index in [2.05, 4.69) is 29.8 Å². The smallest absolute Gasteiger partial charge is 0.274 e. The molecule has 1 rings (SSSR count). The van der Waals surface area contributed by atoms with E-state index in [1.54, 1.807) is 10.8 Å². The summed E-state index contributed by atoms with van der Waals surface area (Å²) in [6.07, 6.45) is 1.80. The predicted molar refractivity (Wildman–Crippen MR) is 62.4 cm³/mol. The summed E-state index contributed by atoms with van der Waals surface area (Å²) in [6.45, 7) is 6.66. The molecule has 14 heavy (non-hydrogen) atoms. The van der Waals surface area contributed by atoms with Crippen molar-refractivity contribution in [2.75, 3.05) is 5.73 Å². The van der Waals surface area contributed by atoms with Gasteiger partial charge in [0.25, 0.3) is 5.56 Å². The molecule has 0 amide bonds. The van der Waals surface area contributed by atoms with Crippen molar-refractivity contribution < 1.29 is 0 Å². The zero-order chi connectivity index (χ0) is 10.9. The van der Waals surface area contributed by atoms with Gasteiger partial charge in [0.2, 0.25) is 0 Å². The molecule has 0 unspecified atom stereocenters. The Morgan fingerprint density at radius 2 is 2.14 bits per heavy atom. The van der Waals surface area contributed by atoms with Gasteiger partial charge in [-0.05, 0) is 34.3 Å². The molecule has 1 heterocycles. The highest BCUT2D eigenvalue weighted by atomic mass is 79.9. The molecule has 0 bridgehead atoms. The fourth-order valence-electron chi connectivity index (χ4n) is 1.27. The van der Waals surface area contributed by atoms with Gasteiger partial charge in [-0.15, -0.1) is 0 Å². The second-order valence-corrected chi connectivity index (χ2v) is 4.72. The molecule has 0 aromatic carbocycles. The number of pyridine rings is 1.